The summed E-state index contributed by atoms with van der Waals surface area (Å²) in [5.74, 6) is -0.501. The van der Waals surface area contributed by atoms with Crippen molar-refractivity contribution >= 4 is 46.8 Å². The quantitative estimate of drug-likeness (QED) is 0.371. The van der Waals surface area contributed by atoms with Gasteiger partial charge in [-0.25, -0.2) is 4.39 Å². The van der Waals surface area contributed by atoms with Gasteiger partial charge in [-0.15, -0.1) is 11.8 Å². The lowest BCUT2D eigenvalue weighted by Gasteiger charge is -2.31. The van der Waals surface area contributed by atoms with E-state index in [1.54, 1.807) is 36.4 Å². The van der Waals surface area contributed by atoms with Crippen molar-refractivity contribution in [2.24, 2.45) is 0 Å². The van der Waals surface area contributed by atoms with Crippen LogP contribution in [-0.4, -0.2) is 35.6 Å². The third-order valence-corrected chi connectivity index (χ3v) is 7.00. The Hall–Kier alpha value is -2.54. The van der Waals surface area contributed by atoms with Crippen LogP contribution in [-0.2, 0) is 28.3 Å². The minimum Gasteiger partial charge on any atom is -0.357 e. The fourth-order valence-corrected chi connectivity index (χ4v) is 5.17. The summed E-state index contributed by atoms with van der Waals surface area (Å²) < 4.78 is 14.5. The molecule has 8 heteroatoms. The molecule has 0 saturated heterocycles. The summed E-state index contributed by atoms with van der Waals surface area (Å²) in [6, 6.07) is 20.2. The maximum atomic E-state index is 14.5. The van der Waals surface area contributed by atoms with Crippen LogP contribution in [0.5, 0.6) is 0 Å². The third kappa shape index (κ3) is 6.98. The van der Waals surface area contributed by atoms with Crippen molar-refractivity contribution in [3.63, 3.8) is 0 Å². The molecule has 0 aliphatic rings. The fraction of sp³-hybridized carbons (Fsp3) is 0.231. The van der Waals surface area contributed by atoms with Crippen molar-refractivity contribution in [3.8, 4) is 0 Å². The summed E-state index contributed by atoms with van der Waals surface area (Å²) >= 11 is 13.8. The van der Waals surface area contributed by atoms with Crippen molar-refractivity contribution in [1.29, 1.82) is 0 Å². The van der Waals surface area contributed by atoms with E-state index in [2.05, 4.69) is 5.32 Å². The van der Waals surface area contributed by atoms with Crippen molar-refractivity contribution < 1.29 is 14.0 Å². The van der Waals surface area contributed by atoms with Crippen molar-refractivity contribution in [1.82, 2.24) is 10.2 Å². The standard InChI is InChI=1S/C26H25Cl2FN2O2S/c1-30-26(33)24(14-18-8-3-2-4-9-18)31(15-19-10-5-6-13-23(19)29)25(32)17-34-16-20-21(27)11-7-12-22(20)28/h2-13,24H,14-17H2,1H3,(H,30,33). The zero-order valence-corrected chi connectivity index (χ0v) is 21.0. The molecule has 4 nitrogen and oxygen atoms in total. The number of benzene rings is 3. The largest absolute Gasteiger partial charge is 0.357 e. The van der Waals surface area contributed by atoms with Gasteiger partial charge in [0.2, 0.25) is 11.8 Å². The molecule has 34 heavy (non-hydrogen) atoms. The van der Waals surface area contributed by atoms with E-state index in [4.69, 9.17) is 23.2 Å². The summed E-state index contributed by atoms with van der Waals surface area (Å²) in [5.41, 5.74) is 1.99. The molecule has 0 radical (unpaired) electrons. The molecule has 0 spiro atoms. The van der Waals surface area contributed by atoms with Crippen LogP contribution in [0.15, 0.2) is 72.8 Å². The first-order chi connectivity index (χ1) is 16.4. The molecule has 0 aliphatic heterocycles. The maximum absolute atomic E-state index is 14.5. The van der Waals surface area contributed by atoms with Gasteiger partial charge in [0.05, 0.1) is 5.75 Å². The first kappa shape index (κ1) is 26.1. The van der Waals surface area contributed by atoms with Gasteiger partial charge in [0.25, 0.3) is 0 Å². The Morgan fingerprint density at radius 2 is 1.62 bits per heavy atom. The van der Waals surface area contributed by atoms with E-state index in [0.29, 0.717) is 27.8 Å². The van der Waals surface area contributed by atoms with Crippen LogP contribution in [0.4, 0.5) is 4.39 Å². The van der Waals surface area contributed by atoms with Crippen LogP contribution in [0, 0.1) is 5.82 Å². The third-order valence-electron chi connectivity index (χ3n) is 5.35. The molecule has 0 aromatic heterocycles. The monoisotopic (exact) mass is 518 g/mol. The zero-order chi connectivity index (χ0) is 24.5. The number of amides is 2. The highest BCUT2D eigenvalue weighted by molar-refractivity contribution is 7.99. The van der Waals surface area contributed by atoms with E-state index in [9.17, 15) is 14.0 Å². The van der Waals surface area contributed by atoms with E-state index >= 15 is 0 Å². The molecule has 3 aromatic carbocycles. The highest BCUT2D eigenvalue weighted by Gasteiger charge is 2.30. The molecule has 0 aliphatic carbocycles. The number of carbonyl (C=O) groups excluding carboxylic acids is 2. The molecule has 3 rings (SSSR count). The topological polar surface area (TPSA) is 49.4 Å². The van der Waals surface area contributed by atoms with E-state index in [-0.39, 0.29) is 24.1 Å². The van der Waals surface area contributed by atoms with Crippen LogP contribution in [0.1, 0.15) is 16.7 Å². The van der Waals surface area contributed by atoms with Crippen molar-refractivity contribution in [3.05, 3.63) is 105 Å². The predicted octanol–water partition coefficient (Wildman–Crippen LogP) is 5.75. The van der Waals surface area contributed by atoms with Crippen molar-refractivity contribution in [2.45, 2.75) is 24.8 Å². The van der Waals surface area contributed by atoms with Gasteiger partial charge in [-0.05, 0) is 29.3 Å². The second-order valence-electron chi connectivity index (χ2n) is 7.63. The van der Waals surface area contributed by atoms with E-state index in [1.807, 2.05) is 30.3 Å². The molecular weight excluding hydrogens is 494 g/mol. The minimum absolute atomic E-state index is 0.0240. The first-order valence-electron chi connectivity index (χ1n) is 10.7. The molecule has 0 saturated carbocycles. The lowest BCUT2D eigenvalue weighted by molar-refractivity contribution is -0.139. The Labute approximate surface area is 213 Å². The Morgan fingerprint density at radius 3 is 2.26 bits per heavy atom. The number of rotatable bonds is 10. The number of carbonyl (C=O) groups is 2. The fourth-order valence-electron chi connectivity index (χ4n) is 3.52. The van der Waals surface area contributed by atoms with Crippen LogP contribution < -0.4 is 5.32 Å². The summed E-state index contributed by atoms with van der Waals surface area (Å²) in [6.07, 6.45) is 0.307. The van der Waals surface area contributed by atoms with E-state index < -0.39 is 11.9 Å². The maximum Gasteiger partial charge on any atom is 0.242 e. The number of halogens is 3. The molecule has 3 aromatic rings. The molecule has 2 amide bonds. The summed E-state index contributed by atoms with van der Waals surface area (Å²) in [4.78, 5) is 27.7. The van der Waals surface area contributed by atoms with E-state index in [1.165, 1.54) is 29.8 Å². The second-order valence-corrected chi connectivity index (χ2v) is 9.43. The van der Waals surface area contributed by atoms with Gasteiger partial charge >= 0.3 is 0 Å². The van der Waals surface area contributed by atoms with Gasteiger partial charge < -0.3 is 10.2 Å². The average molecular weight is 519 g/mol. The Kier molecular flexibility index (Phi) is 9.81. The number of likely N-dealkylation sites (N-methyl/N-ethyl adjacent to an activating group) is 1. The van der Waals surface area contributed by atoms with E-state index in [0.717, 1.165) is 11.1 Å². The highest BCUT2D eigenvalue weighted by Crippen LogP contribution is 2.28. The Morgan fingerprint density at radius 1 is 0.971 bits per heavy atom. The normalized spacial score (nSPS) is 11.6. The van der Waals surface area contributed by atoms with Gasteiger partial charge in [0, 0.05) is 41.4 Å². The molecule has 0 fully saturated rings. The molecule has 178 valence electrons. The SMILES string of the molecule is CNC(=O)C(Cc1ccccc1)N(Cc1ccccc1F)C(=O)CSCc1c(Cl)cccc1Cl. The summed E-state index contributed by atoms with van der Waals surface area (Å²) in [5, 5.41) is 3.71. The second kappa shape index (κ2) is 12.8. The molecular formula is C26H25Cl2FN2O2S. The van der Waals surface area contributed by atoms with Gasteiger partial charge in [-0.3, -0.25) is 9.59 Å². The van der Waals surface area contributed by atoms with Gasteiger partial charge in [-0.1, -0.05) is 77.8 Å². The molecule has 1 atom stereocenters. The van der Waals surface area contributed by atoms with Crippen molar-refractivity contribution in [2.75, 3.05) is 12.8 Å². The van der Waals surface area contributed by atoms with Crippen LogP contribution in [0.25, 0.3) is 0 Å². The molecule has 0 heterocycles. The Bertz CT molecular complexity index is 1110. The molecule has 1 unspecified atom stereocenters. The molecule has 0 bridgehead atoms. The summed E-state index contributed by atoms with van der Waals surface area (Å²) in [6.45, 7) is -0.0240. The lowest BCUT2D eigenvalue weighted by Crippen LogP contribution is -2.50. The number of hydrogen-bond donors (Lipinski definition) is 1. The number of nitrogens with zero attached hydrogens (tertiary/aromatic N) is 1. The summed E-state index contributed by atoms with van der Waals surface area (Å²) in [7, 11) is 1.53. The van der Waals surface area contributed by atoms with Crippen LogP contribution >= 0.6 is 35.0 Å². The zero-order valence-electron chi connectivity index (χ0n) is 18.6. The minimum atomic E-state index is -0.802. The van der Waals surface area contributed by atoms with Crippen LogP contribution in [0.2, 0.25) is 10.0 Å². The van der Waals surface area contributed by atoms with Crippen LogP contribution in [0.3, 0.4) is 0 Å². The smallest absolute Gasteiger partial charge is 0.242 e. The first-order valence-corrected chi connectivity index (χ1v) is 12.6. The van der Waals surface area contributed by atoms with Gasteiger partial charge in [0.15, 0.2) is 0 Å². The average Bonchev–Trinajstić information content (AvgIpc) is 2.84. The number of thioether (sulfide) groups is 1. The molecule has 1 N–H and O–H groups in total. The number of hydrogen-bond acceptors (Lipinski definition) is 3. The highest BCUT2D eigenvalue weighted by atomic mass is 35.5. The van der Waals surface area contributed by atoms with Gasteiger partial charge in [0.1, 0.15) is 11.9 Å². The van der Waals surface area contributed by atoms with Gasteiger partial charge in [-0.2, -0.15) is 0 Å². The predicted molar refractivity (Wildman–Crippen MR) is 138 cm³/mol. The lowest BCUT2D eigenvalue weighted by atomic mass is 10.0. The number of nitrogens with one attached hydrogen (secondary N) is 1. The Balaban J connectivity index is 1.84.